The van der Waals surface area contributed by atoms with Crippen molar-refractivity contribution in [1.82, 2.24) is 0 Å². The van der Waals surface area contributed by atoms with Crippen molar-refractivity contribution in [3.05, 3.63) is 34.4 Å². The van der Waals surface area contributed by atoms with E-state index in [0.717, 1.165) is 25.0 Å². The summed E-state index contributed by atoms with van der Waals surface area (Å²) >= 11 is 5.44. The molecule has 1 aliphatic heterocycles. The standard InChI is InChI=1S/C13H13ClF2O2/c14-10-7-11(15)9(6-12(10)16)13(17)5-8-1-3-18-4-2-8/h6-8H,1-5H2. The van der Waals surface area contributed by atoms with Crippen LogP contribution in [0.5, 0.6) is 0 Å². The predicted octanol–water partition coefficient (Wildman–Crippen LogP) is 3.62. The van der Waals surface area contributed by atoms with Crippen molar-refractivity contribution in [3.63, 3.8) is 0 Å². The molecule has 0 aromatic heterocycles. The molecule has 0 unspecified atom stereocenters. The maximum atomic E-state index is 13.5. The Morgan fingerprint density at radius 1 is 1.28 bits per heavy atom. The van der Waals surface area contributed by atoms with Gasteiger partial charge in [0.1, 0.15) is 11.6 Å². The summed E-state index contributed by atoms with van der Waals surface area (Å²) in [5, 5.41) is -0.310. The first-order valence-electron chi connectivity index (χ1n) is 5.83. The van der Waals surface area contributed by atoms with Crippen molar-refractivity contribution < 1.29 is 18.3 Å². The van der Waals surface area contributed by atoms with Crippen LogP contribution in [0.3, 0.4) is 0 Å². The Balaban J connectivity index is 2.10. The molecule has 1 heterocycles. The molecule has 1 fully saturated rings. The molecule has 18 heavy (non-hydrogen) atoms. The SMILES string of the molecule is O=C(CC1CCOCC1)c1cc(F)c(Cl)cc1F. The molecule has 0 atom stereocenters. The van der Waals surface area contributed by atoms with Gasteiger partial charge in [-0.15, -0.1) is 0 Å². The minimum atomic E-state index is -0.770. The quantitative estimate of drug-likeness (QED) is 0.622. The van der Waals surface area contributed by atoms with E-state index in [2.05, 4.69) is 0 Å². The number of Topliss-reactive ketones (excluding diaryl/α,β-unsaturated/α-hetero) is 1. The van der Waals surface area contributed by atoms with E-state index in [9.17, 15) is 13.6 Å². The Kier molecular flexibility index (Phi) is 4.30. The number of hydrogen-bond acceptors (Lipinski definition) is 2. The van der Waals surface area contributed by atoms with Gasteiger partial charge >= 0.3 is 0 Å². The van der Waals surface area contributed by atoms with Crippen LogP contribution < -0.4 is 0 Å². The maximum absolute atomic E-state index is 13.5. The smallest absolute Gasteiger partial charge is 0.166 e. The summed E-state index contributed by atoms with van der Waals surface area (Å²) in [5.74, 6) is -1.73. The van der Waals surface area contributed by atoms with E-state index < -0.39 is 11.6 Å². The van der Waals surface area contributed by atoms with Gasteiger partial charge in [-0.3, -0.25) is 4.79 Å². The lowest BCUT2D eigenvalue weighted by molar-refractivity contribution is 0.0600. The number of ether oxygens (including phenoxy) is 1. The number of carbonyl (C=O) groups is 1. The second kappa shape index (κ2) is 5.76. The maximum Gasteiger partial charge on any atom is 0.166 e. The zero-order chi connectivity index (χ0) is 13.1. The molecule has 0 spiro atoms. The van der Waals surface area contributed by atoms with E-state index >= 15 is 0 Å². The van der Waals surface area contributed by atoms with Crippen LogP contribution in [-0.4, -0.2) is 19.0 Å². The number of hydrogen-bond donors (Lipinski definition) is 0. The number of ketones is 1. The van der Waals surface area contributed by atoms with Crippen molar-refractivity contribution in [3.8, 4) is 0 Å². The van der Waals surface area contributed by atoms with Gasteiger partial charge in [0.15, 0.2) is 5.78 Å². The topological polar surface area (TPSA) is 26.3 Å². The molecule has 1 aromatic carbocycles. The summed E-state index contributed by atoms with van der Waals surface area (Å²) in [6.07, 6.45) is 1.79. The lowest BCUT2D eigenvalue weighted by atomic mass is 9.92. The van der Waals surface area contributed by atoms with Crippen molar-refractivity contribution in [2.24, 2.45) is 5.92 Å². The Morgan fingerprint density at radius 3 is 2.61 bits per heavy atom. The van der Waals surface area contributed by atoms with Gasteiger partial charge in [-0.1, -0.05) is 11.6 Å². The van der Waals surface area contributed by atoms with Crippen LogP contribution >= 0.6 is 11.6 Å². The fourth-order valence-corrected chi connectivity index (χ4v) is 2.21. The van der Waals surface area contributed by atoms with Crippen LogP contribution in [-0.2, 0) is 4.74 Å². The molecule has 2 rings (SSSR count). The highest BCUT2D eigenvalue weighted by molar-refractivity contribution is 6.30. The Labute approximate surface area is 109 Å². The van der Waals surface area contributed by atoms with Gasteiger partial charge in [0.2, 0.25) is 0 Å². The third kappa shape index (κ3) is 3.06. The third-order valence-electron chi connectivity index (χ3n) is 3.13. The van der Waals surface area contributed by atoms with E-state index in [1.54, 1.807) is 0 Å². The van der Waals surface area contributed by atoms with Gasteiger partial charge in [0.25, 0.3) is 0 Å². The monoisotopic (exact) mass is 274 g/mol. The Bertz CT molecular complexity index is 457. The van der Waals surface area contributed by atoms with Gasteiger partial charge in [-0.25, -0.2) is 8.78 Å². The summed E-state index contributed by atoms with van der Waals surface area (Å²) in [5.41, 5.74) is -0.219. The van der Waals surface area contributed by atoms with Gasteiger partial charge in [0, 0.05) is 19.6 Å². The highest BCUT2D eigenvalue weighted by Crippen LogP contribution is 2.24. The van der Waals surface area contributed by atoms with Crippen LogP contribution in [0.25, 0.3) is 0 Å². The Hall–Kier alpha value is -1.00. The van der Waals surface area contributed by atoms with E-state index in [1.807, 2.05) is 0 Å². The zero-order valence-electron chi connectivity index (χ0n) is 9.72. The molecule has 0 bridgehead atoms. The van der Waals surface area contributed by atoms with Crippen molar-refractivity contribution >= 4 is 17.4 Å². The molecule has 0 aliphatic carbocycles. The van der Waals surface area contributed by atoms with Crippen LogP contribution in [0.15, 0.2) is 12.1 Å². The first kappa shape index (κ1) is 13.4. The minimum Gasteiger partial charge on any atom is -0.381 e. The number of halogens is 3. The Morgan fingerprint density at radius 2 is 1.94 bits per heavy atom. The molecule has 1 aromatic rings. The van der Waals surface area contributed by atoms with Crippen LogP contribution in [0, 0.1) is 17.6 Å². The largest absolute Gasteiger partial charge is 0.381 e. The molecule has 0 N–H and O–H groups in total. The van der Waals surface area contributed by atoms with Gasteiger partial charge in [-0.2, -0.15) is 0 Å². The van der Waals surface area contributed by atoms with Gasteiger partial charge < -0.3 is 4.74 Å². The molecular weight excluding hydrogens is 262 g/mol. The normalized spacial score (nSPS) is 16.8. The molecule has 1 saturated heterocycles. The number of benzene rings is 1. The minimum absolute atomic E-state index is 0.185. The first-order chi connectivity index (χ1) is 8.58. The number of carbonyl (C=O) groups excluding carboxylic acids is 1. The molecule has 0 saturated carbocycles. The second-order valence-corrected chi connectivity index (χ2v) is 4.84. The lowest BCUT2D eigenvalue weighted by Crippen LogP contribution is -2.19. The predicted molar refractivity (Wildman–Crippen MR) is 63.9 cm³/mol. The fraction of sp³-hybridized carbons (Fsp3) is 0.462. The van der Waals surface area contributed by atoms with E-state index in [-0.39, 0.29) is 28.7 Å². The van der Waals surface area contributed by atoms with Gasteiger partial charge in [-0.05, 0) is 30.9 Å². The molecule has 2 nitrogen and oxygen atoms in total. The van der Waals surface area contributed by atoms with Crippen LogP contribution in [0.2, 0.25) is 5.02 Å². The lowest BCUT2D eigenvalue weighted by Gasteiger charge is -2.21. The molecule has 98 valence electrons. The fourth-order valence-electron chi connectivity index (χ4n) is 2.06. The van der Waals surface area contributed by atoms with Crippen molar-refractivity contribution in [2.75, 3.05) is 13.2 Å². The molecular formula is C13H13ClF2O2. The molecule has 0 radical (unpaired) electrons. The first-order valence-corrected chi connectivity index (χ1v) is 6.21. The average Bonchev–Trinajstić information content (AvgIpc) is 2.35. The highest BCUT2D eigenvalue weighted by atomic mass is 35.5. The summed E-state index contributed by atoms with van der Waals surface area (Å²) in [6.45, 7) is 1.24. The second-order valence-electron chi connectivity index (χ2n) is 4.43. The van der Waals surface area contributed by atoms with Crippen molar-refractivity contribution in [1.29, 1.82) is 0 Å². The zero-order valence-corrected chi connectivity index (χ0v) is 10.5. The van der Waals surface area contributed by atoms with E-state index in [0.29, 0.717) is 13.2 Å². The average molecular weight is 275 g/mol. The van der Waals surface area contributed by atoms with Gasteiger partial charge in [0.05, 0.1) is 10.6 Å². The summed E-state index contributed by atoms with van der Waals surface area (Å²) < 4.78 is 31.9. The van der Waals surface area contributed by atoms with E-state index in [1.165, 1.54) is 0 Å². The van der Waals surface area contributed by atoms with Crippen LogP contribution in [0.1, 0.15) is 29.6 Å². The van der Waals surface area contributed by atoms with Crippen LogP contribution in [0.4, 0.5) is 8.78 Å². The third-order valence-corrected chi connectivity index (χ3v) is 3.41. The summed E-state index contributed by atoms with van der Waals surface area (Å²) in [6, 6.07) is 1.72. The summed E-state index contributed by atoms with van der Waals surface area (Å²) in [7, 11) is 0. The molecule has 0 amide bonds. The summed E-state index contributed by atoms with van der Waals surface area (Å²) in [4.78, 5) is 11.9. The highest BCUT2D eigenvalue weighted by Gasteiger charge is 2.21. The number of rotatable bonds is 3. The van der Waals surface area contributed by atoms with E-state index in [4.69, 9.17) is 16.3 Å². The van der Waals surface area contributed by atoms with Crippen molar-refractivity contribution in [2.45, 2.75) is 19.3 Å². The molecule has 5 heteroatoms. The molecule has 1 aliphatic rings.